The molecule has 1 atom stereocenters. The summed E-state index contributed by atoms with van der Waals surface area (Å²) in [5.74, 6) is 0.309. The molecular weight excluding hydrogens is 386 g/mol. The molecule has 3 aliphatic rings. The first-order chi connectivity index (χ1) is 14.2. The van der Waals surface area contributed by atoms with E-state index in [4.69, 9.17) is 4.74 Å². The number of hydrogen-bond acceptors (Lipinski definition) is 4. The van der Waals surface area contributed by atoms with Gasteiger partial charge in [-0.15, -0.1) is 0 Å². The number of rotatable bonds is 3. The number of benzene rings is 1. The second-order valence-electron chi connectivity index (χ2n) is 8.90. The Kier molecular flexibility index (Phi) is 5.11. The van der Waals surface area contributed by atoms with Gasteiger partial charge in [0.15, 0.2) is 5.60 Å². The van der Waals surface area contributed by atoms with Crippen molar-refractivity contribution in [2.24, 2.45) is 0 Å². The number of piperidine rings is 1. The Morgan fingerprint density at radius 3 is 2.63 bits per heavy atom. The molecular formula is C22H29N3O5. The summed E-state index contributed by atoms with van der Waals surface area (Å²) in [5.41, 5.74) is 1.05. The number of nitrogens with zero attached hydrogens (tertiary/aromatic N) is 2. The van der Waals surface area contributed by atoms with Crippen LogP contribution in [0.25, 0.3) is 0 Å². The first-order valence-electron chi connectivity index (χ1n) is 10.7. The number of amides is 3. The average Bonchev–Trinajstić information content (AvgIpc) is 2.66. The minimum absolute atomic E-state index is 0.0873. The van der Waals surface area contributed by atoms with Crippen molar-refractivity contribution in [1.29, 1.82) is 0 Å². The summed E-state index contributed by atoms with van der Waals surface area (Å²) in [6.45, 7) is 6.55. The Balaban J connectivity index is 1.62. The first-order valence-corrected chi connectivity index (χ1v) is 10.7. The van der Waals surface area contributed by atoms with Gasteiger partial charge in [0.05, 0.1) is 11.7 Å². The van der Waals surface area contributed by atoms with Gasteiger partial charge >= 0.3 is 6.09 Å². The normalized spacial score (nSPS) is 22.1. The number of ether oxygens (including phenoxy) is 1. The maximum Gasteiger partial charge on any atom is 0.407 e. The second-order valence-corrected chi connectivity index (χ2v) is 8.90. The van der Waals surface area contributed by atoms with Crippen molar-refractivity contribution in [3.8, 4) is 5.75 Å². The van der Waals surface area contributed by atoms with E-state index in [9.17, 15) is 19.5 Å². The number of carbonyl (C=O) groups excluding carboxylic acids is 2. The predicted molar refractivity (Wildman–Crippen MR) is 111 cm³/mol. The van der Waals surface area contributed by atoms with Gasteiger partial charge in [-0.25, -0.2) is 4.79 Å². The van der Waals surface area contributed by atoms with Gasteiger partial charge < -0.3 is 25.0 Å². The van der Waals surface area contributed by atoms with E-state index < -0.39 is 11.7 Å². The van der Waals surface area contributed by atoms with E-state index in [1.165, 1.54) is 4.90 Å². The van der Waals surface area contributed by atoms with Crippen LogP contribution in [0.15, 0.2) is 12.1 Å². The summed E-state index contributed by atoms with van der Waals surface area (Å²) in [4.78, 5) is 40.7. The van der Waals surface area contributed by atoms with Gasteiger partial charge in [-0.1, -0.05) is 0 Å². The van der Waals surface area contributed by atoms with E-state index in [0.29, 0.717) is 42.9 Å². The molecule has 1 spiro atoms. The van der Waals surface area contributed by atoms with E-state index in [0.717, 1.165) is 24.8 Å². The lowest BCUT2D eigenvalue weighted by molar-refractivity contribution is -0.139. The van der Waals surface area contributed by atoms with Gasteiger partial charge in [-0.3, -0.25) is 9.59 Å². The molecule has 8 nitrogen and oxygen atoms in total. The molecule has 162 valence electrons. The minimum Gasteiger partial charge on any atom is -0.475 e. The Morgan fingerprint density at radius 2 is 2.03 bits per heavy atom. The number of fused-ring (bicyclic) bond motifs is 1. The van der Waals surface area contributed by atoms with Crippen molar-refractivity contribution in [3.63, 3.8) is 0 Å². The molecule has 2 N–H and O–H groups in total. The fourth-order valence-electron chi connectivity index (χ4n) is 4.73. The van der Waals surface area contributed by atoms with E-state index in [-0.39, 0.29) is 23.9 Å². The van der Waals surface area contributed by atoms with Crippen molar-refractivity contribution >= 4 is 23.6 Å². The van der Waals surface area contributed by atoms with Crippen molar-refractivity contribution < 1.29 is 24.2 Å². The van der Waals surface area contributed by atoms with Crippen molar-refractivity contribution in [2.75, 3.05) is 18.4 Å². The highest BCUT2D eigenvalue weighted by Gasteiger charge is 2.49. The van der Waals surface area contributed by atoms with E-state index in [1.807, 2.05) is 26.8 Å². The van der Waals surface area contributed by atoms with Crippen LogP contribution < -0.4 is 10.1 Å². The number of anilines is 1. The van der Waals surface area contributed by atoms with Crippen LogP contribution in [-0.4, -0.2) is 63.6 Å². The van der Waals surface area contributed by atoms with Crippen LogP contribution in [0.1, 0.15) is 61.9 Å². The molecule has 8 heteroatoms. The molecule has 2 aliphatic heterocycles. The monoisotopic (exact) mass is 415 g/mol. The third kappa shape index (κ3) is 3.38. The smallest absolute Gasteiger partial charge is 0.407 e. The molecule has 1 aromatic carbocycles. The molecule has 1 aromatic rings. The van der Waals surface area contributed by atoms with Gasteiger partial charge in [-0.05, 0) is 70.6 Å². The summed E-state index contributed by atoms with van der Waals surface area (Å²) in [6.07, 6.45) is 2.92. The summed E-state index contributed by atoms with van der Waals surface area (Å²) in [5, 5.41) is 12.3. The highest BCUT2D eigenvalue weighted by Crippen LogP contribution is 2.44. The lowest BCUT2D eigenvalue weighted by Crippen LogP contribution is -2.55. The van der Waals surface area contributed by atoms with Crippen LogP contribution in [0.4, 0.5) is 10.5 Å². The van der Waals surface area contributed by atoms with E-state index >= 15 is 0 Å². The molecule has 1 aliphatic carbocycles. The molecule has 30 heavy (non-hydrogen) atoms. The van der Waals surface area contributed by atoms with Gasteiger partial charge in [0.25, 0.3) is 11.8 Å². The van der Waals surface area contributed by atoms with Gasteiger partial charge in [0, 0.05) is 24.7 Å². The lowest BCUT2D eigenvalue weighted by atomic mass is 9.78. The molecule has 4 rings (SSSR count). The molecule has 2 fully saturated rings. The second kappa shape index (κ2) is 7.49. The maximum atomic E-state index is 13.6. The minimum atomic E-state index is -0.953. The third-order valence-corrected chi connectivity index (χ3v) is 6.54. The third-order valence-electron chi connectivity index (χ3n) is 6.54. The predicted octanol–water partition coefficient (Wildman–Crippen LogP) is 3.24. The SMILES string of the molecule is Cc1cc2c(cc1C(=O)N(C(C)C)[C@@H]1CCCN(C(=O)O)C1)NC(=O)C1(CCC1)O2. The van der Waals surface area contributed by atoms with Crippen LogP contribution in [0.2, 0.25) is 0 Å². The van der Waals surface area contributed by atoms with Gasteiger partial charge in [0.1, 0.15) is 5.75 Å². The summed E-state index contributed by atoms with van der Waals surface area (Å²) < 4.78 is 6.04. The molecule has 0 bridgehead atoms. The maximum absolute atomic E-state index is 13.6. The molecule has 3 amide bonds. The van der Waals surface area contributed by atoms with Crippen molar-refractivity contribution in [3.05, 3.63) is 23.3 Å². The number of aryl methyl sites for hydroxylation is 1. The summed E-state index contributed by atoms with van der Waals surface area (Å²) in [6, 6.07) is 3.26. The fraction of sp³-hybridized carbons (Fsp3) is 0.591. The van der Waals surface area contributed by atoms with Crippen LogP contribution in [0.5, 0.6) is 5.75 Å². The van der Waals surface area contributed by atoms with Crippen LogP contribution in [0, 0.1) is 6.92 Å². The number of likely N-dealkylation sites (tertiary alicyclic amines) is 1. The largest absolute Gasteiger partial charge is 0.475 e. The van der Waals surface area contributed by atoms with E-state index in [2.05, 4.69) is 5.32 Å². The fourth-order valence-corrected chi connectivity index (χ4v) is 4.73. The standard InChI is InChI=1S/C22H29N3O5/c1-13(2)25(15-6-4-9-24(12-15)21(28)29)19(26)16-11-17-18(10-14(16)3)30-22(7-5-8-22)20(27)23-17/h10-11,13,15H,4-9,12H2,1-3H3,(H,23,27)(H,28,29)/t15-/m1/s1. The topological polar surface area (TPSA) is 99.2 Å². The van der Waals surface area contributed by atoms with Crippen molar-refractivity contribution in [2.45, 2.75) is 70.6 Å². The van der Waals surface area contributed by atoms with Gasteiger partial charge in [0.2, 0.25) is 0 Å². The summed E-state index contributed by atoms with van der Waals surface area (Å²) in [7, 11) is 0. The quantitative estimate of drug-likeness (QED) is 0.790. The van der Waals surface area contributed by atoms with Crippen molar-refractivity contribution in [1.82, 2.24) is 9.80 Å². The summed E-state index contributed by atoms with van der Waals surface area (Å²) >= 11 is 0. The van der Waals surface area contributed by atoms with Crippen LogP contribution >= 0.6 is 0 Å². The van der Waals surface area contributed by atoms with Crippen LogP contribution in [-0.2, 0) is 4.79 Å². The Morgan fingerprint density at radius 1 is 1.30 bits per heavy atom. The molecule has 0 radical (unpaired) electrons. The van der Waals surface area contributed by atoms with Crippen LogP contribution in [0.3, 0.4) is 0 Å². The molecule has 1 saturated heterocycles. The number of hydrogen-bond donors (Lipinski definition) is 2. The molecule has 2 heterocycles. The lowest BCUT2D eigenvalue weighted by Gasteiger charge is -2.44. The Bertz CT molecular complexity index is 893. The Labute approximate surface area is 176 Å². The molecule has 1 saturated carbocycles. The molecule has 0 unspecified atom stereocenters. The average molecular weight is 415 g/mol. The highest BCUT2D eigenvalue weighted by molar-refractivity contribution is 6.04. The zero-order chi connectivity index (χ0) is 21.6. The van der Waals surface area contributed by atoms with E-state index in [1.54, 1.807) is 11.0 Å². The van der Waals surface area contributed by atoms with Gasteiger partial charge in [-0.2, -0.15) is 0 Å². The molecule has 0 aromatic heterocycles. The number of nitrogens with one attached hydrogen (secondary N) is 1. The zero-order valence-electron chi connectivity index (χ0n) is 17.7. The number of carbonyl (C=O) groups is 3. The Hall–Kier alpha value is -2.77. The number of carboxylic acid groups (broad SMARTS) is 1. The highest BCUT2D eigenvalue weighted by atomic mass is 16.5. The zero-order valence-corrected chi connectivity index (χ0v) is 17.7. The first kappa shape index (κ1) is 20.5.